The first-order valence-electron chi connectivity index (χ1n) is 14.2. The maximum Gasteiger partial charge on any atom is 0.416 e. The number of piperidine rings is 1. The van der Waals surface area contributed by atoms with E-state index in [4.69, 9.17) is 4.74 Å². The molecule has 0 unspecified atom stereocenters. The smallest absolute Gasteiger partial charge is 0.373 e. The minimum Gasteiger partial charge on any atom is -0.373 e. The zero-order valence-electron chi connectivity index (χ0n) is 23.6. The van der Waals surface area contributed by atoms with E-state index in [1.807, 2.05) is 60.7 Å². The largest absolute Gasteiger partial charge is 0.416 e. The van der Waals surface area contributed by atoms with Crippen LogP contribution in [0, 0.1) is 5.92 Å². The molecule has 2 atom stereocenters. The van der Waals surface area contributed by atoms with Crippen LogP contribution in [-0.4, -0.2) is 35.0 Å². The predicted octanol–water partition coefficient (Wildman–Crippen LogP) is 7.93. The summed E-state index contributed by atoms with van der Waals surface area (Å²) in [5.74, 6) is -0.742. The number of hydrogen-bond donors (Lipinski definition) is 0. The van der Waals surface area contributed by atoms with Crippen LogP contribution in [0.25, 0.3) is 0 Å². The first kappa shape index (κ1) is 31.3. The summed E-state index contributed by atoms with van der Waals surface area (Å²) in [7, 11) is 0. The van der Waals surface area contributed by atoms with Gasteiger partial charge in [-0.05, 0) is 53.4 Å². The van der Waals surface area contributed by atoms with E-state index in [-0.39, 0.29) is 42.3 Å². The lowest BCUT2D eigenvalue weighted by atomic mass is 9.75. The summed E-state index contributed by atoms with van der Waals surface area (Å²) in [5, 5.41) is 0. The molecule has 4 nitrogen and oxygen atoms in total. The van der Waals surface area contributed by atoms with Gasteiger partial charge in [-0.1, -0.05) is 66.7 Å². The Balaban J connectivity index is 1.47. The van der Waals surface area contributed by atoms with Gasteiger partial charge in [-0.15, -0.1) is 0 Å². The molecule has 5 rings (SSSR count). The second-order valence-electron chi connectivity index (χ2n) is 10.9. The van der Waals surface area contributed by atoms with Crippen molar-refractivity contribution in [2.24, 2.45) is 5.92 Å². The molecule has 0 bridgehead atoms. The number of nitrogens with zero attached hydrogens (tertiary/aromatic N) is 2. The van der Waals surface area contributed by atoms with E-state index in [9.17, 15) is 31.1 Å². The molecule has 1 aliphatic heterocycles. The van der Waals surface area contributed by atoms with Crippen molar-refractivity contribution >= 4 is 5.91 Å². The fourth-order valence-electron chi connectivity index (χ4n) is 5.80. The van der Waals surface area contributed by atoms with E-state index in [1.54, 1.807) is 29.3 Å². The number of hydrogen-bond acceptors (Lipinski definition) is 3. The Hall–Kier alpha value is -4.18. The monoisotopic (exact) mass is 612 g/mol. The zero-order valence-corrected chi connectivity index (χ0v) is 23.6. The Labute approximate surface area is 251 Å². The highest BCUT2D eigenvalue weighted by atomic mass is 19.4. The number of rotatable bonds is 8. The summed E-state index contributed by atoms with van der Waals surface area (Å²) >= 11 is 0. The van der Waals surface area contributed by atoms with Gasteiger partial charge in [0.15, 0.2) is 0 Å². The van der Waals surface area contributed by atoms with Crippen LogP contribution in [0.15, 0.2) is 103 Å². The lowest BCUT2D eigenvalue weighted by Crippen LogP contribution is -2.49. The van der Waals surface area contributed by atoms with Crippen molar-refractivity contribution in [3.63, 3.8) is 0 Å². The van der Waals surface area contributed by atoms with Crippen molar-refractivity contribution in [3.8, 4) is 0 Å². The fourth-order valence-corrected chi connectivity index (χ4v) is 5.80. The molecule has 44 heavy (non-hydrogen) atoms. The van der Waals surface area contributed by atoms with Gasteiger partial charge in [0.05, 0.1) is 30.3 Å². The summed E-state index contributed by atoms with van der Waals surface area (Å²) in [6.07, 6.45) is -8.41. The molecule has 0 N–H and O–H groups in total. The van der Waals surface area contributed by atoms with Crippen LogP contribution in [0.4, 0.5) is 26.3 Å². The van der Waals surface area contributed by atoms with Crippen LogP contribution in [0.2, 0.25) is 0 Å². The molecule has 0 spiro atoms. The van der Waals surface area contributed by atoms with Crippen LogP contribution in [-0.2, 0) is 34.9 Å². The third-order valence-electron chi connectivity index (χ3n) is 7.86. The molecular weight excluding hydrogens is 582 g/mol. The van der Waals surface area contributed by atoms with E-state index >= 15 is 0 Å². The number of likely N-dealkylation sites (tertiary alicyclic amines) is 1. The second-order valence-corrected chi connectivity index (χ2v) is 10.9. The maximum atomic E-state index is 13.5. The van der Waals surface area contributed by atoms with Gasteiger partial charge >= 0.3 is 12.4 Å². The Morgan fingerprint density at radius 1 is 0.818 bits per heavy atom. The van der Waals surface area contributed by atoms with E-state index in [0.717, 1.165) is 11.1 Å². The minimum atomic E-state index is -4.95. The van der Waals surface area contributed by atoms with Gasteiger partial charge in [0.25, 0.3) is 0 Å². The highest BCUT2D eigenvalue weighted by Crippen LogP contribution is 2.40. The molecule has 230 valence electrons. The molecule has 0 saturated carbocycles. The SMILES string of the molecule is O=C(Cc1ccccn1)N1CC[C@H](OCc2cc(C(F)(F)F)cc(C(F)(F)F)c2)[C@H](C(c2ccccc2)c2ccccc2)C1. The van der Waals surface area contributed by atoms with Crippen LogP contribution < -0.4 is 0 Å². The average Bonchev–Trinajstić information content (AvgIpc) is 3.01. The number of pyridine rings is 1. The predicted molar refractivity (Wildman–Crippen MR) is 152 cm³/mol. The van der Waals surface area contributed by atoms with Crippen LogP contribution in [0.3, 0.4) is 0 Å². The Morgan fingerprint density at radius 2 is 1.39 bits per heavy atom. The number of halogens is 6. The molecule has 1 amide bonds. The van der Waals surface area contributed by atoms with Crippen molar-refractivity contribution in [2.45, 2.75) is 43.8 Å². The molecule has 10 heteroatoms. The molecule has 3 aromatic carbocycles. The Morgan fingerprint density at radius 3 is 1.91 bits per heavy atom. The van der Waals surface area contributed by atoms with Crippen LogP contribution in [0.1, 0.15) is 45.8 Å². The Kier molecular flexibility index (Phi) is 9.39. The molecule has 1 aliphatic rings. The third kappa shape index (κ3) is 7.66. The summed E-state index contributed by atoms with van der Waals surface area (Å²) in [5.41, 5.74) is -0.465. The van der Waals surface area contributed by atoms with Crippen molar-refractivity contribution in [1.82, 2.24) is 9.88 Å². The molecule has 1 saturated heterocycles. The summed E-state index contributed by atoms with van der Waals surface area (Å²) in [4.78, 5) is 19.4. The van der Waals surface area contributed by atoms with Gasteiger partial charge in [-0.25, -0.2) is 0 Å². The summed E-state index contributed by atoms with van der Waals surface area (Å²) in [6.45, 7) is 0.146. The van der Waals surface area contributed by atoms with Gasteiger partial charge in [-0.3, -0.25) is 9.78 Å². The van der Waals surface area contributed by atoms with E-state index in [2.05, 4.69) is 4.98 Å². The molecule has 0 aliphatic carbocycles. The fraction of sp³-hybridized carbons (Fsp3) is 0.294. The molecular formula is C34H30F6N2O2. The molecule has 1 aromatic heterocycles. The highest BCUT2D eigenvalue weighted by Gasteiger charge is 2.40. The van der Waals surface area contributed by atoms with Gasteiger partial charge in [0.1, 0.15) is 0 Å². The normalized spacial score (nSPS) is 17.6. The lowest BCUT2D eigenvalue weighted by Gasteiger charge is -2.42. The van der Waals surface area contributed by atoms with Crippen molar-refractivity contribution in [2.75, 3.05) is 13.1 Å². The van der Waals surface area contributed by atoms with Gasteiger partial charge in [0.2, 0.25) is 5.91 Å². The number of carbonyl (C=O) groups is 1. The molecule has 1 fully saturated rings. The molecule has 0 radical (unpaired) electrons. The van der Waals surface area contributed by atoms with Crippen molar-refractivity contribution in [3.05, 3.63) is 137 Å². The first-order valence-corrected chi connectivity index (χ1v) is 14.2. The van der Waals surface area contributed by atoms with Crippen LogP contribution >= 0.6 is 0 Å². The standard InChI is InChI=1S/C34H30F6N2O2/c35-33(36,37)26-17-23(18-27(19-26)34(38,39)40)22-44-30-14-16-42(31(43)20-28-13-7-8-15-41-28)21-29(30)32(24-9-3-1-4-10-24)25-11-5-2-6-12-25/h1-13,15,17-19,29-30,32H,14,16,20-22H2/t29-,30+/m1/s1. The van der Waals surface area contributed by atoms with Crippen molar-refractivity contribution in [1.29, 1.82) is 0 Å². The van der Waals surface area contributed by atoms with Crippen molar-refractivity contribution < 1.29 is 35.9 Å². The number of benzene rings is 3. The zero-order chi connectivity index (χ0) is 31.3. The highest BCUT2D eigenvalue weighted by molar-refractivity contribution is 5.78. The van der Waals surface area contributed by atoms with E-state index < -0.39 is 36.2 Å². The second kappa shape index (κ2) is 13.2. The first-order chi connectivity index (χ1) is 21.0. The number of amides is 1. The van der Waals surface area contributed by atoms with E-state index in [0.29, 0.717) is 30.8 Å². The quantitative estimate of drug-likeness (QED) is 0.190. The van der Waals surface area contributed by atoms with Crippen LogP contribution in [0.5, 0.6) is 0 Å². The number of carbonyl (C=O) groups excluding carboxylic acids is 1. The molecule has 4 aromatic rings. The third-order valence-corrected chi connectivity index (χ3v) is 7.86. The number of aromatic nitrogens is 1. The summed E-state index contributed by atoms with van der Waals surface area (Å²) in [6, 6.07) is 26.1. The van der Waals surface area contributed by atoms with Gasteiger partial charge in [0, 0.05) is 36.8 Å². The van der Waals surface area contributed by atoms with E-state index in [1.165, 1.54) is 0 Å². The summed E-state index contributed by atoms with van der Waals surface area (Å²) < 4.78 is 87.2. The maximum absolute atomic E-state index is 13.5. The Bertz CT molecular complexity index is 1460. The minimum absolute atomic E-state index is 0.102. The number of ether oxygens (including phenoxy) is 1. The topological polar surface area (TPSA) is 42.4 Å². The molecule has 2 heterocycles. The lowest BCUT2D eigenvalue weighted by molar-refractivity contribution is -0.143. The average molecular weight is 613 g/mol. The van der Waals surface area contributed by atoms with Gasteiger partial charge < -0.3 is 9.64 Å². The van der Waals surface area contributed by atoms with Gasteiger partial charge in [-0.2, -0.15) is 26.3 Å². The number of alkyl halides is 6.